The van der Waals surface area contributed by atoms with Gasteiger partial charge in [0.15, 0.2) is 29.7 Å². The van der Waals surface area contributed by atoms with E-state index < -0.39 is 114 Å². The smallest absolute Gasteiger partial charge is 0.239 e. The lowest BCUT2D eigenvalue weighted by Crippen LogP contribution is -2.62. The molecule has 3 unspecified atom stereocenters. The average molecular weight is 596 g/mol. The van der Waals surface area contributed by atoms with Crippen LogP contribution in [0.2, 0.25) is 0 Å². The number of rotatable bonds is 7. The second-order valence-corrected chi connectivity index (χ2v) is 9.76. The normalized spacial score (nSPS) is 31.4. The van der Waals surface area contributed by atoms with Crippen LogP contribution in [-0.2, 0) is 14.2 Å². The van der Waals surface area contributed by atoms with Gasteiger partial charge in [0.05, 0.1) is 13.2 Å². The van der Waals surface area contributed by atoms with Gasteiger partial charge in [0.25, 0.3) is 0 Å². The summed E-state index contributed by atoms with van der Waals surface area (Å²) >= 11 is 0. The molecule has 42 heavy (non-hydrogen) atoms. The van der Waals surface area contributed by atoms with Crippen LogP contribution in [0.4, 0.5) is 0 Å². The molecule has 5 rings (SSSR count). The number of benzene rings is 2. The van der Waals surface area contributed by atoms with Crippen molar-refractivity contribution in [2.24, 2.45) is 0 Å². The number of fused-ring (bicyclic) bond motifs is 1. The first-order valence-electron chi connectivity index (χ1n) is 12.6. The van der Waals surface area contributed by atoms with Gasteiger partial charge in [-0.3, -0.25) is 4.79 Å². The Labute approximate surface area is 235 Å². The fourth-order valence-corrected chi connectivity index (χ4v) is 4.77. The fourth-order valence-electron chi connectivity index (χ4n) is 4.77. The maximum absolute atomic E-state index is 13.7. The molecule has 0 aliphatic carbocycles. The monoisotopic (exact) mass is 596 g/mol. The molecule has 3 heterocycles. The molecular formula is C26H28O16. The summed E-state index contributed by atoms with van der Waals surface area (Å²) in [6.45, 7) is -1.53. The highest BCUT2D eigenvalue weighted by molar-refractivity contribution is 5.88. The molecule has 2 fully saturated rings. The van der Waals surface area contributed by atoms with Crippen LogP contribution < -0.4 is 10.2 Å². The largest absolute Gasteiger partial charge is 0.508 e. The highest BCUT2D eigenvalue weighted by atomic mass is 16.8. The molecule has 0 bridgehead atoms. The van der Waals surface area contributed by atoms with Gasteiger partial charge in [-0.15, -0.1) is 0 Å². The van der Waals surface area contributed by atoms with Gasteiger partial charge in [-0.1, -0.05) is 0 Å². The zero-order valence-corrected chi connectivity index (χ0v) is 21.4. The summed E-state index contributed by atoms with van der Waals surface area (Å²) in [5.74, 6) is -3.39. The fraction of sp³-hybridized carbons (Fsp3) is 0.423. The first-order chi connectivity index (χ1) is 19.9. The van der Waals surface area contributed by atoms with Crippen LogP contribution in [-0.4, -0.2) is 120 Å². The first kappa shape index (κ1) is 29.8. The second kappa shape index (κ2) is 11.5. The highest BCUT2D eigenvalue weighted by Crippen LogP contribution is 2.40. The number of ether oxygens (including phenoxy) is 4. The van der Waals surface area contributed by atoms with Crippen LogP contribution >= 0.6 is 0 Å². The van der Waals surface area contributed by atoms with E-state index in [0.717, 1.165) is 24.3 Å². The number of phenolic OH excluding ortho intramolecular Hbond substituents is 4. The summed E-state index contributed by atoms with van der Waals surface area (Å²) in [7, 11) is 0. The van der Waals surface area contributed by atoms with Crippen molar-refractivity contribution < 1.29 is 74.4 Å². The maximum atomic E-state index is 13.7. The van der Waals surface area contributed by atoms with Gasteiger partial charge in [-0.05, 0) is 18.2 Å². The van der Waals surface area contributed by atoms with Crippen molar-refractivity contribution in [1.82, 2.24) is 0 Å². The minimum Gasteiger partial charge on any atom is -0.508 e. The van der Waals surface area contributed by atoms with E-state index in [2.05, 4.69) is 0 Å². The molecule has 228 valence electrons. The molecule has 16 nitrogen and oxygen atoms in total. The molecule has 2 aliphatic heterocycles. The number of aromatic hydroxyl groups is 4. The van der Waals surface area contributed by atoms with E-state index in [4.69, 9.17) is 23.4 Å². The topological polar surface area (TPSA) is 269 Å². The summed E-state index contributed by atoms with van der Waals surface area (Å²) in [5, 5.41) is 101. The second-order valence-electron chi connectivity index (χ2n) is 9.76. The minimum absolute atomic E-state index is 0.0434. The van der Waals surface area contributed by atoms with Gasteiger partial charge < -0.3 is 74.4 Å². The highest BCUT2D eigenvalue weighted by Gasteiger charge is 2.51. The van der Waals surface area contributed by atoms with E-state index in [0.29, 0.717) is 0 Å². The summed E-state index contributed by atoms with van der Waals surface area (Å²) in [4.78, 5) is 13.7. The zero-order chi connectivity index (χ0) is 30.5. The first-order valence-corrected chi connectivity index (χ1v) is 12.6. The lowest BCUT2D eigenvalue weighted by Gasteiger charge is -2.42. The number of aliphatic hydroxyl groups is 6. The Morgan fingerprint density at radius 3 is 2.02 bits per heavy atom. The Bertz CT molecular complexity index is 1510. The molecule has 2 aliphatic rings. The summed E-state index contributed by atoms with van der Waals surface area (Å²) in [6.07, 6.45) is -15.1. The van der Waals surface area contributed by atoms with E-state index in [1.54, 1.807) is 0 Å². The number of hydrogen-bond donors (Lipinski definition) is 10. The van der Waals surface area contributed by atoms with Crippen LogP contribution in [0.15, 0.2) is 39.5 Å². The van der Waals surface area contributed by atoms with Gasteiger partial charge in [0, 0.05) is 17.7 Å². The Balaban J connectivity index is 1.62. The molecule has 1 aromatic heterocycles. The van der Waals surface area contributed by atoms with Crippen LogP contribution in [0, 0.1) is 0 Å². The van der Waals surface area contributed by atoms with Crippen molar-refractivity contribution in [2.75, 3.05) is 13.2 Å². The van der Waals surface area contributed by atoms with Crippen LogP contribution in [0.1, 0.15) is 0 Å². The molecule has 0 saturated carbocycles. The molecule has 0 amide bonds. The molecule has 2 aromatic carbocycles. The summed E-state index contributed by atoms with van der Waals surface area (Å²) in [6, 6.07) is 5.21. The van der Waals surface area contributed by atoms with Crippen molar-refractivity contribution in [3.05, 3.63) is 40.6 Å². The van der Waals surface area contributed by atoms with E-state index >= 15 is 0 Å². The van der Waals surface area contributed by atoms with Crippen LogP contribution in [0.3, 0.4) is 0 Å². The van der Waals surface area contributed by atoms with Crippen molar-refractivity contribution in [2.45, 2.75) is 55.3 Å². The van der Waals surface area contributed by atoms with E-state index in [1.807, 2.05) is 0 Å². The van der Waals surface area contributed by atoms with Gasteiger partial charge in [0.1, 0.15) is 59.1 Å². The molecule has 9 atom stereocenters. The minimum atomic E-state index is -1.90. The SMILES string of the molecule is O=c1c(O[C@@H]2OC(CO)[C@@H](O)[C@H](O)C2O[C@@H]2O[C@@H](CO)C(O)[C@@H]2O)c(-c2ccc(O)c(O)c2)oc2cc(O)cc(O)c12. The van der Waals surface area contributed by atoms with Gasteiger partial charge >= 0.3 is 0 Å². The van der Waals surface area contributed by atoms with E-state index in [-0.39, 0.29) is 11.1 Å². The molecular weight excluding hydrogens is 568 g/mol. The lowest BCUT2D eigenvalue weighted by molar-refractivity contribution is -0.320. The molecule has 16 heteroatoms. The zero-order valence-electron chi connectivity index (χ0n) is 21.4. The molecule has 10 N–H and O–H groups in total. The Morgan fingerprint density at radius 2 is 1.38 bits per heavy atom. The Kier molecular flexibility index (Phi) is 8.17. The Hall–Kier alpha value is -3.71. The van der Waals surface area contributed by atoms with Gasteiger partial charge in [-0.2, -0.15) is 0 Å². The van der Waals surface area contributed by atoms with Gasteiger partial charge in [-0.25, -0.2) is 0 Å². The summed E-state index contributed by atoms with van der Waals surface area (Å²) < 4.78 is 28.1. The third-order valence-electron chi connectivity index (χ3n) is 7.00. The van der Waals surface area contributed by atoms with E-state index in [1.165, 1.54) is 6.07 Å². The number of phenols is 4. The van der Waals surface area contributed by atoms with E-state index in [9.17, 15) is 55.9 Å². The molecule has 0 spiro atoms. The quantitative estimate of drug-likeness (QED) is 0.131. The molecule has 0 radical (unpaired) electrons. The predicted molar refractivity (Wildman–Crippen MR) is 136 cm³/mol. The predicted octanol–water partition coefficient (Wildman–Crippen LogP) is -2.08. The van der Waals surface area contributed by atoms with Gasteiger partial charge in [0.2, 0.25) is 17.5 Å². The molecule has 3 aromatic rings. The molecule has 2 saturated heterocycles. The van der Waals surface area contributed by atoms with Crippen LogP contribution in [0.5, 0.6) is 28.7 Å². The van der Waals surface area contributed by atoms with Crippen molar-refractivity contribution in [3.8, 4) is 40.1 Å². The van der Waals surface area contributed by atoms with Crippen molar-refractivity contribution in [1.29, 1.82) is 0 Å². The van der Waals surface area contributed by atoms with Crippen molar-refractivity contribution in [3.63, 3.8) is 0 Å². The third-order valence-corrected chi connectivity index (χ3v) is 7.00. The van der Waals surface area contributed by atoms with Crippen LogP contribution in [0.25, 0.3) is 22.3 Å². The number of hydrogen-bond acceptors (Lipinski definition) is 16. The van der Waals surface area contributed by atoms with Crippen molar-refractivity contribution >= 4 is 11.0 Å². The standard InChI is InChI=1S/C26H28O16/c27-6-14-17(33)20(36)24(42-25-21(37)18(34)15(7-28)39-25)26(40-14)41-23-19(35)16-12(32)4-9(29)5-13(16)38-22(23)8-1-2-10(30)11(31)3-8/h1-5,14-15,17-18,20-21,24-34,36-37H,6-7H2/t14?,15-,17+,18?,20-,21-,24?,25-,26-/m0/s1. The maximum Gasteiger partial charge on any atom is 0.239 e. The average Bonchev–Trinajstić information content (AvgIpc) is 3.22. The third kappa shape index (κ3) is 5.19. The summed E-state index contributed by atoms with van der Waals surface area (Å²) in [5.41, 5.74) is -1.38. The Morgan fingerprint density at radius 1 is 0.738 bits per heavy atom. The lowest BCUT2D eigenvalue weighted by atomic mass is 9.99. The number of aliphatic hydroxyl groups excluding tert-OH is 6.